The monoisotopic (exact) mass is 326 g/mol. The lowest BCUT2D eigenvalue weighted by atomic mass is 9.87. The quantitative estimate of drug-likeness (QED) is 0.934. The van der Waals surface area contributed by atoms with E-state index in [0.717, 1.165) is 11.4 Å². The summed E-state index contributed by atoms with van der Waals surface area (Å²) in [4.78, 5) is 23.2. The molecule has 0 bridgehead atoms. The van der Waals surface area contributed by atoms with Crippen LogP contribution in [-0.2, 0) is 5.41 Å². The van der Waals surface area contributed by atoms with E-state index in [9.17, 15) is 4.79 Å². The number of carbonyl (C=O) groups is 1. The maximum atomic E-state index is 12.5. The lowest BCUT2D eigenvalue weighted by Crippen LogP contribution is -2.18. The van der Waals surface area contributed by atoms with Crippen molar-refractivity contribution >= 4 is 17.5 Å². The number of rotatable bonds is 3. The molecule has 1 heterocycles. The van der Waals surface area contributed by atoms with Crippen molar-refractivity contribution in [3.63, 3.8) is 0 Å². The maximum absolute atomic E-state index is 12.5. The van der Waals surface area contributed by atoms with Gasteiger partial charge >= 0.3 is 0 Å². The fourth-order valence-electron chi connectivity index (χ4n) is 2.39. The number of benzene rings is 1. The van der Waals surface area contributed by atoms with Gasteiger partial charge in [0.15, 0.2) is 0 Å². The van der Waals surface area contributed by atoms with Crippen LogP contribution in [0.3, 0.4) is 0 Å². The Bertz CT molecular complexity index is 720. The summed E-state index contributed by atoms with van der Waals surface area (Å²) in [6, 6.07) is 7.71. The molecule has 0 radical (unpaired) electrons. The van der Waals surface area contributed by atoms with Gasteiger partial charge in [0.05, 0.1) is 17.1 Å². The second-order valence-corrected chi connectivity index (χ2v) is 7.25. The summed E-state index contributed by atoms with van der Waals surface area (Å²) in [5.74, 6) is 0.486. The smallest absolute Gasteiger partial charge is 0.255 e. The number of aromatic nitrogens is 2. The second kappa shape index (κ2) is 6.59. The number of nitrogens with one attached hydrogen (secondary N) is 1. The molecule has 2 aromatic rings. The van der Waals surface area contributed by atoms with Crippen LogP contribution in [0, 0.1) is 13.8 Å². The van der Waals surface area contributed by atoms with E-state index in [1.807, 2.05) is 57.1 Å². The molecule has 1 aromatic carbocycles. The molecule has 24 heavy (non-hydrogen) atoms. The zero-order chi connectivity index (χ0) is 18.1. The largest absolute Gasteiger partial charge is 0.347 e. The van der Waals surface area contributed by atoms with E-state index in [0.29, 0.717) is 17.2 Å². The van der Waals surface area contributed by atoms with Crippen molar-refractivity contribution in [2.24, 2.45) is 0 Å². The van der Waals surface area contributed by atoms with Crippen molar-refractivity contribution in [1.29, 1.82) is 0 Å². The third-order valence-corrected chi connectivity index (χ3v) is 3.91. The van der Waals surface area contributed by atoms with Crippen LogP contribution < -0.4 is 10.2 Å². The summed E-state index contributed by atoms with van der Waals surface area (Å²) in [6.07, 6.45) is 0. The minimum Gasteiger partial charge on any atom is -0.347 e. The Morgan fingerprint density at radius 3 is 1.92 bits per heavy atom. The Morgan fingerprint density at radius 2 is 1.50 bits per heavy atom. The first-order valence-electron chi connectivity index (χ1n) is 8.04. The number of hydrogen-bond donors (Lipinski definition) is 1. The van der Waals surface area contributed by atoms with Crippen LogP contribution in [-0.4, -0.2) is 30.0 Å². The zero-order valence-corrected chi connectivity index (χ0v) is 15.6. The van der Waals surface area contributed by atoms with E-state index in [1.165, 1.54) is 5.56 Å². The zero-order valence-electron chi connectivity index (χ0n) is 15.6. The van der Waals surface area contributed by atoms with Gasteiger partial charge in [0.2, 0.25) is 5.95 Å². The van der Waals surface area contributed by atoms with Crippen LogP contribution in [0.15, 0.2) is 24.3 Å². The highest BCUT2D eigenvalue weighted by atomic mass is 16.1. The third kappa shape index (κ3) is 3.91. The standard InChI is InChI=1S/C19H26N4O/c1-12-16(13(2)21-18(20-12)23(6)7)22-17(24)14-8-10-15(11-9-14)19(3,4)5/h8-11H,1-7H3,(H,22,24). The Kier molecular flexibility index (Phi) is 4.92. The minimum absolute atomic E-state index is 0.0675. The van der Waals surface area contributed by atoms with Crippen LogP contribution >= 0.6 is 0 Å². The van der Waals surface area contributed by atoms with Crippen molar-refractivity contribution in [3.8, 4) is 0 Å². The van der Waals surface area contributed by atoms with Crippen LogP contribution in [0.4, 0.5) is 11.6 Å². The molecule has 0 saturated carbocycles. The molecular formula is C19H26N4O. The van der Waals surface area contributed by atoms with Gasteiger partial charge in [-0.15, -0.1) is 0 Å². The van der Waals surface area contributed by atoms with Crippen LogP contribution in [0.5, 0.6) is 0 Å². The van der Waals surface area contributed by atoms with Gasteiger partial charge in [-0.1, -0.05) is 32.9 Å². The Balaban J connectivity index is 2.24. The highest BCUT2D eigenvalue weighted by Gasteiger charge is 2.16. The summed E-state index contributed by atoms with van der Waals surface area (Å²) in [5, 5.41) is 2.94. The number of nitrogens with zero attached hydrogens (tertiary/aromatic N) is 3. The van der Waals surface area contributed by atoms with Crippen molar-refractivity contribution < 1.29 is 4.79 Å². The first-order chi connectivity index (χ1) is 11.1. The van der Waals surface area contributed by atoms with Crippen LogP contribution in [0.2, 0.25) is 0 Å². The lowest BCUT2D eigenvalue weighted by molar-refractivity contribution is 0.102. The van der Waals surface area contributed by atoms with Crippen LogP contribution in [0.25, 0.3) is 0 Å². The van der Waals surface area contributed by atoms with E-state index in [2.05, 4.69) is 36.1 Å². The van der Waals surface area contributed by atoms with E-state index in [-0.39, 0.29) is 11.3 Å². The highest BCUT2D eigenvalue weighted by Crippen LogP contribution is 2.23. The normalized spacial score (nSPS) is 11.3. The second-order valence-electron chi connectivity index (χ2n) is 7.25. The van der Waals surface area contributed by atoms with E-state index in [1.54, 1.807) is 0 Å². The molecule has 0 aliphatic heterocycles. The fourth-order valence-corrected chi connectivity index (χ4v) is 2.39. The Labute approximate surface area is 144 Å². The molecular weight excluding hydrogens is 300 g/mol. The van der Waals surface area contributed by atoms with Crippen LogP contribution in [0.1, 0.15) is 48.1 Å². The molecule has 1 aromatic heterocycles. The van der Waals surface area contributed by atoms with E-state index < -0.39 is 0 Å². The average molecular weight is 326 g/mol. The molecule has 0 saturated heterocycles. The minimum atomic E-state index is -0.150. The topological polar surface area (TPSA) is 58.1 Å². The van der Waals surface area contributed by atoms with Crippen molar-refractivity contribution in [2.75, 3.05) is 24.3 Å². The molecule has 0 unspecified atom stereocenters. The SMILES string of the molecule is Cc1nc(N(C)C)nc(C)c1NC(=O)c1ccc(C(C)(C)C)cc1. The summed E-state index contributed by atoms with van der Waals surface area (Å²) < 4.78 is 0. The number of anilines is 2. The van der Waals surface area contributed by atoms with E-state index >= 15 is 0 Å². The predicted molar refractivity (Wildman–Crippen MR) is 98.9 cm³/mol. The molecule has 0 aliphatic carbocycles. The van der Waals surface area contributed by atoms with Crippen molar-refractivity contribution in [1.82, 2.24) is 9.97 Å². The molecule has 5 nitrogen and oxygen atoms in total. The van der Waals surface area contributed by atoms with Gasteiger partial charge in [-0.2, -0.15) is 0 Å². The predicted octanol–water partition coefficient (Wildman–Crippen LogP) is 3.71. The first kappa shape index (κ1) is 17.9. The number of amides is 1. The number of carbonyl (C=O) groups excluding carboxylic acids is 1. The van der Waals surface area contributed by atoms with Gasteiger partial charge in [0.1, 0.15) is 0 Å². The summed E-state index contributed by atoms with van der Waals surface area (Å²) in [6.45, 7) is 10.2. The third-order valence-electron chi connectivity index (χ3n) is 3.91. The van der Waals surface area contributed by atoms with Gasteiger partial charge in [-0.3, -0.25) is 4.79 Å². The average Bonchev–Trinajstić information content (AvgIpc) is 2.49. The van der Waals surface area contributed by atoms with Gasteiger partial charge in [0, 0.05) is 19.7 Å². The number of hydrogen-bond acceptors (Lipinski definition) is 4. The van der Waals surface area contributed by atoms with E-state index in [4.69, 9.17) is 0 Å². The molecule has 128 valence electrons. The lowest BCUT2D eigenvalue weighted by Gasteiger charge is -2.19. The van der Waals surface area contributed by atoms with Gasteiger partial charge < -0.3 is 10.2 Å². The maximum Gasteiger partial charge on any atom is 0.255 e. The molecule has 0 spiro atoms. The first-order valence-corrected chi connectivity index (χ1v) is 8.04. The highest BCUT2D eigenvalue weighted by molar-refractivity contribution is 6.04. The molecule has 1 amide bonds. The summed E-state index contributed by atoms with van der Waals surface area (Å²) in [5.41, 5.74) is 4.07. The molecule has 2 rings (SSSR count). The molecule has 0 fully saturated rings. The fraction of sp³-hybridized carbons (Fsp3) is 0.421. The molecule has 5 heteroatoms. The number of aryl methyl sites for hydroxylation is 2. The Morgan fingerprint density at radius 1 is 1.00 bits per heavy atom. The van der Waals surface area contributed by atoms with Crippen molar-refractivity contribution in [2.45, 2.75) is 40.0 Å². The molecule has 0 aliphatic rings. The summed E-state index contributed by atoms with van der Waals surface area (Å²) >= 11 is 0. The van der Waals surface area contributed by atoms with Gasteiger partial charge in [-0.05, 0) is 37.0 Å². The molecule has 1 N–H and O–H groups in total. The summed E-state index contributed by atoms with van der Waals surface area (Å²) in [7, 11) is 3.78. The van der Waals surface area contributed by atoms with Crippen molar-refractivity contribution in [3.05, 3.63) is 46.8 Å². The van der Waals surface area contributed by atoms with Gasteiger partial charge in [-0.25, -0.2) is 9.97 Å². The molecule has 0 atom stereocenters. The Hall–Kier alpha value is -2.43. The van der Waals surface area contributed by atoms with Gasteiger partial charge in [0.25, 0.3) is 5.91 Å².